The van der Waals surface area contributed by atoms with Gasteiger partial charge in [0, 0.05) is 43.9 Å². The van der Waals surface area contributed by atoms with Gasteiger partial charge in [0.05, 0.1) is 17.5 Å². The molecule has 0 unspecified atom stereocenters. The van der Waals surface area contributed by atoms with Crippen LogP contribution in [0.2, 0.25) is 0 Å². The Labute approximate surface area is 212 Å². The summed E-state index contributed by atoms with van der Waals surface area (Å²) in [5.74, 6) is -1.37. The van der Waals surface area contributed by atoms with Gasteiger partial charge in [-0.15, -0.1) is 5.10 Å². The Kier molecular flexibility index (Phi) is 6.58. The van der Waals surface area contributed by atoms with Crippen LogP contribution in [0.15, 0.2) is 34.9 Å². The Morgan fingerprint density at radius 3 is 2.59 bits per heavy atom. The minimum absolute atomic E-state index is 0.0399. The molecule has 11 nitrogen and oxygen atoms in total. The van der Waals surface area contributed by atoms with E-state index in [-0.39, 0.29) is 48.9 Å². The molecule has 5 rings (SSSR count). The number of nitrogens with zero attached hydrogens (tertiary/aromatic N) is 5. The van der Waals surface area contributed by atoms with Crippen LogP contribution >= 0.6 is 0 Å². The van der Waals surface area contributed by atoms with E-state index in [1.165, 1.54) is 21.5 Å². The van der Waals surface area contributed by atoms with Crippen molar-refractivity contribution in [3.05, 3.63) is 70.2 Å². The lowest BCUT2D eigenvalue weighted by molar-refractivity contribution is 0.0688. The molecule has 3 aromatic rings. The molecule has 1 aromatic carbocycles. The predicted molar refractivity (Wildman–Crippen MR) is 128 cm³/mol. The van der Waals surface area contributed by atoms with E-state index in [0.717, 1.165) is 11.8 Å². The highest BCUT2D eigenvalue weighted by molar-refractivity contribution is 7.88. The standard InChI is InChI=1S/C24H26FN5O6S/c1-37(34,35)30-10-6-15(7-11-30)21-14-29(27-26-21)12-16-2-5-22(36-16)23(31)28-9-8-17-18(24(32)33)3-4-20(25)19(17)13-28/h2-5,14-15H,6-13H2,1H3,(H,32,33). The van der Waals surface area contributed by atoms with Crippen molar-refractivity contribution in [1.29, 1.82) is 0 Å². The number of hydrogen-bond donors (Lipinski definition) is 1. The van der Waals surface area contributed by atoms with E-state index in [4.69, 9.17) is 4.42 Å². The molecule has 0 atom stereocenters. The van der Waals surface area contributed by atoms with E-state index in [0.29, 0.717) is 37.3 Å². The van der Waals surface area contributed by atoms with E-state index in [2.05, 4.69) is 10.3 Å². The average Bonchev–Trinajstić information content (AvgIpc) is 3.53. The summed E-state index contributed by atoms with van der Waals surface area (Å²) >= 11 is 0. The Hall–Kier alpha value is -3.58. The topological polar surface area (TPSA) is 139 Å². The van der Waals surface area contributed by atoms with Crippen molar-refractivity contribution in [3.63, 3.8) is 0 Å². The Bertz CT molecular complexity index is 1460. The highest BCUT2D eigenvalue weighted by Crippen LogP contribution is 2.28. The number of carboxylic acid groups (broad SMARTS) is 1. The molecular weight excluding hydrogens is 505 g/mol. The van der Waals surface area contributed by atoms with Gasteiger partial charge in [-0.05, 0) is 49.1 Å². The maximum absolute atomic E-state index is 14.4. The van der Waals surface area contributed by atoms with E-state index < -0.39 is 27.7 Å². The Morgan fingerprint density at radius 1 is 1.14 bits per heavy atom. The van der Waals surface area contributed by atoms with Crippen molar-refractivity contribution in [2.75, 3.05) is 25.9 Å². The maximum Gasteiger partial charge on any atom is 0.335 e. The van der Waals surface area contributed by atoms with E-state index >= 15 is 0 Å². The second kappa shape index (κ2) is 9.71. The zero-order valence-corrected chi connectivity index (χ0v) is 20.9. The fourth-order valence-electron chi connectivity index (χ4n) is 4.97. The monoisotopic (exact) mass is 531 g/mol. The van der Waals surface area contributed by atoms with Crippen LogP contribution in [0.3, 0.4) is 0 Å². The summed E-state index contributed by atoms with van der Waals surface area (Å²) in [6, 6.07) is 5.58. The molecule has 4 heterocycles. The molecule has 13 heteroatoms. The van der Waals surface area contributed by atoms with Crippen molar-refractivity contribution in [3.8, 4) is 0 Å². The van der Waals surface area contributed by atoms with Gasteiger partial charge in [-0.1, -0.05) is 5.21 Å². The number of fused-ring (bicyclic) bond motifs is 1. The number of hydrogen-bond acceptors (Lipinski definition) is 7. The van der Waals surface area contributed by atoms with Gasteiger partial charge in [-0.2, -0.15) is 0 Å². The number of aromatic nitrogens is 3. The summed E-state index contributed by atoms with van der Waals surface area (Å²) in [6.07, 6.45) is 4.58. The van der Waals surface area contributed by atoms with Gasteiger partial charge in [0.2, 0.25) is 10.0 Å². The van der Waals surface area contributed by atoms with Crippen molar-refractivity contribution in [1.82, 2.24) is 24.2 Å². The SMILES string of the molecule is CS(=O)(=O)N1CCC(c2cn(Cc3ccc(C(=O)N4CCc5c(C(=O)O)ccc(F)c5C4)o3)nn2)CC1. The van der Waals surface area contributed by atoms with Crippen LogP contribution in [0.5, 0.6) is 0 Å². The molecule has 0 bridgehead atoms. The summed E-state index contributed by atoms with van der Waals surface area (Å²) in [5, 5.41) is 17.8. The third kappa shape index (κ3) is 5.14. The number of carboxylic acids is 1. The van der Waals surface area contributed by atoms with Crippen molar-refractivity contribution in [2.45, 2.75) is 38.3 Å². The molecule has 1 amide bonds. The number of carbonyl (C=O) groups excluding carboxylic acids is 1. The second-order valence-corrected chi connectivity index (χ2v) is 11.4. The molecule has 1 fully saturated rings. The molecular formula is C24H26FN5O6S. The normalized spacial score (nSPS) is 17.1. The fraction of sp³-hybridized carbons (Fsp3) is 0.417. The highest BCUT2D eigenvalue weighted by atomic mass is 32.2. The molecule has 0 radical (unpaired) electrons. The maximum atomic E-state index is 14.4. The molecule has 2 aromatic heterocycles. The smallest absolute Gasteiger partial charge is 0.335 e. The third-order valence-corrected chi connectivity index (χ3v) is 8.26. The van der Waals surface area contributed by atoms with Crippen LogP contribution in [0, 0.1) is 5.82 Å². The lowest BCUT2D eigenvalue weighted by Crippen LogP contribution is -2.37. The first kappa shape index (κ1) is 25.1. The fourth-order valence-corrected chi connectivity index (χ4v) is 5.84. The first-order valence-electron chi connectivity index (χ1n) is 11.9. The van der Waals surface area contributed by atoms with Crippen LogP contribution in [0.1, 0.15) is 62.3 Å². The number of amides is 1. The summed E-state index contributed by atoms with van der Waals surface area (Å²) < 4.78 is 46.7. The van der Waals surface area contributed by atoms with Crippen LogP contribution in [-0.2, 0) is 29.5 Å². The highest BCUT2D eigenvalue weighted by Gasteiger charge is 2.29. The van der Waals surface area contributed by atoms with Crippen molar-refractivity contribution >= 4 is 21.9 Å². The zero-order chi connectivity index (χ0) is 26.3. The van der Waals surface area contributed by atoms with Gasteiger partial charge < -0.3 is 14.4 Å². The number of furan rings is 1. The summed E-state index contributed by atoms with van der Waals surface area (Å²) in [4.78, 5) is 25.9. The van der Waals surface area contributed by atoms with Gasteiger partial charge in [0.15, 0.2) is 5.76 Å². The number of rotatable bonds is 6. The van der Waals surface area contributed by atoms with Gasteiger partial charge in [-0.25, -0.2) is 26.6 Å². The molecule has 0 saturated carbocycles. The van der Waals surface area contributed by atoms with E-state index in [1.54, 1.807) is 23.0 Å². The number of sulfonamides is 1. The van der Waals surface area contributed by atoms with Crippen LogP contribution < -0.4 is 0 Å². The number of aromatic carboxylic acids is 1. The number of carbonyl (C=O) groups is 2. The minimum Gasteiger partial charge on any atom is -0.478 e. The molecule has 196 valence electrons. The van der Waals surface area contributed by atoms with Gasteiger partial charge in [-0.3, -0.25) is 4.79 Å². The Morgan fingerprint density at radius 2 is 1.89 bits per heavy atom. The molecule has 2 aliphatic rings. The van der Waals surface area contributed by atoms with Gasteiger partial charge in [0.1, 0.15) is 18.1 Å². The number of halogens is 1. The van der Waals surface area contributed by atoms with E-state index in [9.17, 15) is 27.5 Å². The quantitative estimate of drug-likeness (QED) is 0.510. The lowest BCUT2D eigenvalue weighted by atomic mass is 9.94. The molecule has 0 spiro atoms. The van der Waals surface area contributed by atoms with Crippen LogP contribution in [-0.4, -0.2) is 75.5 Å². The Balaban J connectivity index is 1.22. The summed E-state index contributed by atoms with van der Waals surface area (Å²) in [6.45, 7) is 1.35. The molecule has 0 aliphatic carbocycles. The average molecular weight is 532 g/mol. The van der Waals surface area contributed by atoms with Crippen molar-refractivity contribution in [2.24, 2.45) is 0 Å². The zero-order valence-electron chi connectivity index (χ0n) is 20.1. The number of piperidine rings is 1. The number of benzene rings is 1. The third-order valence-electron chi connectivity index (χ3n) is 6.96. The minimum atomic E-state index is -3.20. The van der Waals surface area contributed by atoms with E-state index in [1.807, 2.05) is 0 Å². The second-order valence-electron chi connectivity index (χ2n) is 9.38. The first-order valence-corrected chi connectivity index (χ1v) is 13.7. The van der Waals surface area contributed by atoms with Crippen molar-refractivity contribution < 1.29 is 31.9 Å². The summed E-state index contributed by atoms with van der Waals surface area (Å²) in [5.41, 5.74) is 1.46. The first-order chi connectivity index (χ1) is 17.6. The van der Waals surface area contributed by atoms with Gasteiger partial charge >= 0.3 is 5.97 Å². The molecule has 2 aliphatic heterocycles. The summed E-state index contributed by atoms with van der Waals surface area (Å²) in [7, 11) is -3.20. The molecule has 1 N–H and O–H groups in total. The lowest BCUT2D eigenvalue weighted by Gasteiger charge is -2.29. The molecule has 37 heavy (non-hydrogen) atoms. The van der Waals surface area contributed by atoms with Crippen LogP contribution in [0.25, 0.3) is 0 Å². The van der Waals surface area contributed by atoms with Crippen LogP contribution in [0.4, 0.5) is 4.39 Å². The molecule has 1 saturated heterocycles. The van der Waals surface area contributed by atoms with Gasteiger partial charge in [0.25, 0.3) is 5.91 Å². The largest absolute Gasteiger partial charge is 0.478 e. The predicted octanol–water partition coefficient (Wildman–Crippen LogP) is 2.09.